The standard InChI is InChI=1S/C22H28N2O7S/c1-28-18-10-11-20(21(13-18)29-2)23-22(25)24(15-19-5-4-12-30-19)14-16-6-8-17(9-7-16)31-32(3,26)27/h6-11,13,19H,4-5,12,14-15H2,1-3H3,(H,23,25). The highest BCUT2D eigenvalue weighted by molar-refractivity contribution is 7.86. The molecule has 0 spiro atoms. The van der Waals surface area contributed by atoms with Gasteiger partial charge in [0.2, 0.25) is 0 Å². The summed E-state index contributed by atoms with van der Waals surface area (Å²) in [5, 5.41) is 2.90. The van der Waals surface area contributed by atoms with Gasteiger partial charge in [-0.3, -0.25) is 0 Å². The van der Waals surface area contributed by atoms with E-state index >= 15 is 0 Å². The maximum Gasteiger partial charge on any atom is 0.322 e. The number of urea groups is 1. The molecule has 0 saturated carbocycles. The molecule has 9 nitrogen and oxygen atoms in total. The highest BCUT2D eigenvalue weighted by Gasteiger charge is 2.24. The van der Waals surface area contributed by atoms with Gasteiger partial charge in [0.1, 0.15) is 17.2 Å². The Morgan fingerprint density at radius 2 is 1.84 bits per heavy atom. The molecule has 0 radical (unpaired) electrons. The normalized spacial score (nSPS) is 15.8. The van der Waals surface area contributed by atoms with E-state index in [4.69, 9.17) is 18.4 Å². The lowest BCUT2D eigenvalue weighted by Crippen LogP contribution is -2.39. The lowest BCUT2D eigenvalue weighted by Gasteiger charge is -2.26. The van der Waals surface area contributed by atoms with Crippen molar-refractivity contribution in [3.63, 3.8) is 0 Å². The van der Waals surface area contributed by atoms with E-state index in [1.807, 2.05) is 0 Å². The SMILES string of the molecule is COc1ccc(NC(=O)N(Cc2ccc(OS(C)(=O)=O)cc2)CC2CCCO2)c(OC)c1. The molecule has 0 aromatic heterocycles. The summed E-state index contributed by atoms with van der Waals surface area (Å²) in [5.41, 5.74) is 1.34. The van der Waals surface area contributed by atoms with Crippen LogP contribution in [0.2, 0.25) is 0 Å². The Balaban J connectivity index is 1.75. The number of carbonyl (C=O) groups excluding carboxylic acids is 1. The van der Waals surface area contributed by atoms with Crippen molar-refractivity contribution in [3.05, 3.63) is 48.0 Å². The third kappa shape index (κ3) is 6.76. The molecule has 1 atom stereocenters. The van der Waals surface area contributed by atoms with Crippen molar-refractivity contribution in [1.82, 2.24) is 4.90 Å². The first-order valence-electron chi connectivity index (χ1n) is 10.2. The summed E-state index contributed by atoms with van der Waals surface area (Å²) >= 11 is 0. The molecule has 2 aromatic rings. The second kappa shape index (κ2) is 10.6. The van der Waals surface area contributed by atoms with Crippen LogP contribution in [0.25, 0.3) is 0 Å². The molecular weight excluding hydrogens is 436 g/mol. The highest BCUT2D eigenvalue weighted by atomic mass is 32.2. The maximum atomic E-state index is 13.2. The van der Waals surface area contributed by atoms with Crippen LogP contribution >= 0.6 is 0 Å². The molecule has 2 amide bonds. The molecule has 2 aromatic carbocycles. The molecule has 1 unspecified atom stereocenters. The van der Waals surface area contributed by atoms with E-state index in [-0.39, 0.29) is 17.9 Å². The minimum absolute atomic E-state index is 0.0358. The summed E-state index contributed by atoms with van der Waals surface area (Å²) < 4.78 is 43.8. The summed E-state index contributed by atoms with van der Waals surface area (Å²) in [6.45, 7) is 1.42. The average Bonchev–Trinajstić information content (AvgIpc) is 3.27. The monoisotopic (exact) mass is 464 g/mol. The van der Waals surface area contributed by atoms with Gasteiger partial charge in [-0.15, -0.1) is 0 Å². The van der Waals surface area contributed by atoms with Crippen LogP contribution in [0.15, 0.2) is 42.5 Å². The Bertz CT molecular complexity index is 1020. The van der Waals surface area contributed by atoms with Gasteiger partial charge in [-0.2, -0.15) is 8.42 Å². The molecule has 1 heterocycles. The fraction of sp³-hybridized carbons (Fsp3) is 0.409. The van der Waals surface area contributed by atoms with Gasteiger partial charge < -0.3 is 28.6 Å². The van der Waals surface area contributed by atoms with Crippen molar-refractivity contribution in [1.29, 1.82) is 0 Å². The molecule has 1 N–H and O–H groups in total. The molecule has 0 bridgehead atoms. The average molecular weight is 465 g/mol. The summed E-state index contributed by atoms with van der Waals surface area (Å²) in [7, 11) is -0.520. The number of benzene rings is 2. The van der Waals surface area contributed by atoms with Gasteiger partial charge in [-0.1, -0.05) is 12.1 Å². The number of hydrogen-bond acceptors (Lipinski definition) is 7. The molecule has 1 fully saturated rings. The number of nitrogens with zero attached hydrogens (tertiary/aromatic N) is 1. The van der Waals surface area contributed by atoms with E-state index in [0.29, 0.717) is 36.9 Å². The summed E-state index contributed by atoms with van der Waals surface area (Å²) in [6, 6.07) is 11.4. The molecular formula is C22H28N2O7S. The van der Waals surface area contributed by atoms with E-state index in [1.54, 1.807) is 54.5 Å². The van der Waals surface area contributed by atoms with E-state index in [0.717, 1.165) is 24.7 Å². The minimum atomic E-state index is -3.60. The molecule has 3 rings (SSSR count). The van der Waals surface area contributed by atoms with Gasteiger partial charge in [-0.25, -0.2) is 4.79 Å². The van der Waals surface area contributed by atoms with E-state index in [1.165, 1.54) is 7.11 Å². The zero-order chi connectivity index (χ0) is 23.1. The molecule has 1 aliphatic heterocycles. The van der Waals surface area contributed by atoms with E-state index < -0.39 is 10.1 Å². The Labute approximate surface area is 188 Å². The number of carbonyl (C=O) groups is 1. The van der Waals surface area contributed by atoms with Gasteiger partial charge in [0.05, 0.1) is 32.3 Å². The number of rotatable bonds is 9. The van der Waals surface area contributed by atoms with Crippen molar-refractivity contribution in [2.24, 2.45) is 0 Å². The quantitative estimate of drug-likeness (QED) is 0.568. The lowest BCUT2D eigenvalue weighted by atomic mass is 10.2. The van der Waals surface area contributed by atoms with Gasteiger partial charge in [0.25, 0.3) is 0 Å². The smallest absolute Gasteiger partial charge is 0.322 e. The number of hydrogen-bond donors (Lipinski definition) is 1. The third-order valence-corrected chi connectivity index (χ3v) is 5.43. The first kappa shape index (κ1) is 23.7. The molecule has 1 saturated heterocycles. The Morgan fingerprint density at radius 3 is 2.44 bits per heavy atom. The van der Waals surface area contributed by atoms with Crippen LogP contribution < -0.4 is 19.0 Å². The van der Waals surface area contributed by atoms with Crippen LogP contribution in [0.1, 0.15) is 18.4 Å². The van der Waals surface area contributed by atoms with Crippen LogP contribution in [-0.4, -0.2) is 59.1 Å². The van der Waals surface area contributed by atoms with Crippen LogP contribution in [0.5, 0.6) is 17.2 Å². The molecule has 1 aliphatic rings. The number of anilines is 1. The van der Waals surface area contributed by atoms with Gasteiger partial charge >= 0.3 is 16.1 Å². The predicted molar refractivity (Wildman–Crippen MR) is 120 cm³/mol. The third-order valence-electron chi connectivity index (χ3n) is 4.93. The second-order valence-electron chi connectivity index (χ2n) is 7.44. The number of amides is 2. The first-order chi connectivity index (χ1) is 15.3. The Hall–Kier alpha value is -2.98. The van der Waals surface area contributed by atoms with Gasteiger partial charge in [-0.05, 0) is 42.7 Å². The van der Waals surface area contributed by atoms with Crippen LogP contribution in [0, 0.1) is 0 Å². The van der Waals surface area contributed by atoms with Gasteiger partial charge in [0.15, 0.2) is 0 Å². The molecule has 32 heavy (non-hydrogen) atoms. The fourth-order valence-corrected chi connectivity index (χ4v) is 3.86. The summed E-state index contributed by atoms with van der Waals surface area (Å²) in [6.07, 6.45) is 2.80. The topological polar surface area (TPSA) is 103 Å². The van der Waals surface area contributed by atoms with Crippen molar-refractivity contribution in [2.45, 2.75) is 25.5 Å². The van der Waals surface area contributed by atoms with E-state index in [2.05, 4.69) is 5.32 Å². The lowest BCUT2D eigenvalue weighted by molar-refractivity contribution is 0.0819. The zero-order valence-corrected chi connectivity index (χ0v) is 19.2. The molecule has 0 aliphatic carbocycles. The van der Waals surface area contributed by atoms with Crippen molar-refractivity contribution in [3.8, 4) is 17.2 Å². The number of nitrogens with one attached hydrogen (secondary N) is 1. The number of ether oxygens (including phenoxy) is 3. The fourth-order valence-electron chi connectivity index (χ4n) is 3.40. The van der Waals surface area contributed by atoms with Gasteiger partial charge in [0, 0.05) is 25.8 Å². The Morgan fingerprint density at radius 1 is 1.12 bits per heavy atom. The van der Waals surface area contributed by atoms with Crippen LogP contribution in [0.4, 0.5) is 10.5 Å². The van der Waals surface area contributed by atoms with Crippen molar-refractivity contribution < 1.29 is 31.6 Å². The van der Waals surface area contributed by atoms with Crippen molar-refractivity contribution in [2.75, 3.05) is 38.9 Å². The zero-order valence-electron chi connectivity index (χ0n) is 18.4. The van der Waals surface area contributed by atoms with Crippen LogP contribution in [-0.2, 0) is 21.4 Å². The van der Waals surface area contributed by atoms with Crippen LogP contribution in [0.3, 0.4) is 0 Å². The highest BCUT2D eigenvalue weighted by Crippen LogP contribution is 2.29. The molecule has 10 heteroatoms. The Kier molecular flexibility index (Phi) is 7.81. The predicted octanol–water partition coefficient (Wildman–Crippen LogP) is 3.26. The number of methoxy groups -OCH3 is 2. The maximum absolute atomic E-state index is 13.2. The van der Waals surface area contributed by atoms with E-state index in [9.17, 15) is 13.2 Å². The summed E-state index contributed by atoms with van der Waals surface area (Å²) in [4.78, 5) is 14.8. The van der Waals surface area contributed by atoms with Crippen molar-refractivity contribution >= 4 is 21.8 Å². The summed E-state index contributed by atoms with van der Waals surface area (Å²) in [5.74, 6) is 1.32. The first-order valence-corrected chi connectivity index (χ1v) is 12.0. The molecule has 174 valence electrons. The largest absolute Gasteiger partial charge is 0.497 e. The second-order valence-corrected chi connectivity index (χ2v) is 9.02. The minimum Gasteiger partial charge on any atom is -0.497 e.